The monoisotopic (exact) mass is 630 g/mol. The van der Waals surface area contributed by atoms with Crippen LogP contribution >= 0.6 is 0 Å². The molecule has 0 bridgehead atoms. The Morgan fingerprint density at radius 2 is 1.07 bits per heavy atom. The second-order valence-electron chi connectivity index (χ2n) is 11.3. The van der Waals surface area contributed by atoms with E-state index in [-0.39, 0.29) is 97.2 Å². The number of amides is 2. The lowest BCUT2D eigenvalue weighted by atomic mass is 10.1. The molecule has 0 aromatic carbocycles. The maximum Gasteiger partial charge on any atom is 0.317 e. The van der Waals surface area contributed by atoms with E-state index in [2.05, 4.69) is 5.32 Å². The zero-order valence-corrected chi connectivity index (χ0v) is 25.2. The molecule has 0 aromatic heterocycles. The van der Waals surface area contributed by atoms with E-state index in [1.165, 1.54) is 11.8 Å². The van der Waals surface area contributed by atoms with Gasteiger partial charge in [-0.1, -0.05) is 0 Å². The van der Waals surface area contributed by atoms with Gasteiger partial charge in [-0.25, -0.2) is 0 Å². The molecule has 2 amide bonds. The van der Waals surface area contributed by atoms with E-state index in [4.69, 9.17) is 0 Å². The van der Waals surface area contributed by atoms with E-state index in [0.29, 0.717) is 19.4 Å². The normalized spacial score (nSPS) is 20.9. The van der Waals surface area contributed by atoms with Crippen molar-refractivity contribution in [2.24, 2.45) is 0 Å². The van der Waals surface area contributed by atoms with Crippen LogP contribution in [0.25, 0.3) is 0 Å². The number of carbonyl (C=O) groups excluding carboxylic acids is 3. The van der Waals surface area contributed by atoms with Crippen LogP contribution in [0.15, 0.2) is 0 Å². The molecule has 2 atom stereocenters. The molecule has 0 saturated carbocycles. The highest BCUT2D eigenvalue weighted by atomic mass is 16.5. The van der Waals surface area contributed by atoms with Crippen LogP contribution in [-0.2, 0) is 28.8 Å². The predicted octanol–water partition coefficient (Wildman–Crippen LogP) is -3.38. The van der Waals surface area contributed by atoms with E-state index in [9.17, 15) is 54.3 Å². The fourth-order valence-corrected chi connectivity index (χ4v) is 5.37. The number of aliphatic hydroxyl groups excluding tert-OH is 1. The molecule has 6 N–H and O–H groups in total. The van der Waals surface area contributed by atoms with Gasteiger partial charge in [0.2, 0.25) is 11.8 Å². The van der Waals surface area contributed by atoms with Crippen LogP contribution in [0.1, 0.15) is 32.6 Å². The van der Waals surface area contributed by atoms with Crippen LogP contribution in [-0.4, -0.2) is 189 Å². The smallest absolute Gasteiger partial charge is 0.317 e. The largest absolute Gasteiger partial charge is 0.480 e. The molecule has 0 spiro atoms. The summed E-state index contributed by atoms with van der Waals surface area (Å²) in [6.07, 6.45) is -0.906. The van der Waals surface area contributed by atoms with Gasteiger partial charge in [0, 0.05) is 71.7 Å². The standard InChI is InChI=1S/C27H46N6O11/c1-19(26(42)33-6-2-3-21(33)27(43)44)28-22(35)5-4-20(34)15-29-7-9-30(16-23(36)37)11-13-32(18-25(40)41)14-12-31(10-8-29)17-24(38)39/h19,21,27,43-44H,2-18H2,1H3,(H,28,35)(H,36,37)(H,38,39)(H,40,41)/t19-,21+/m1/s1. The number of carboxylic acid groups (broad SMARTS) is 3. The Labute approximate surface area is 256 Å². The summed E-state index contributed by atoms with van der Waals surface area (Å²) in [5.41, 5.74) is 0. The van der Waals surface area contributed by atoms with Crippen molar-refractivity contribution < 1.29 is 54.3 Å². The Bertz CT molecular complexity index is 981. The molecular formula is C27H46N6O11. The molecule has 2 aliphatic rings. The van der Waals surface area contributed by atoms with Gasteiger partial charge in [0.1, 0.15) is 11.8 Å². The Hall–Kier alpha value is -3.22. The lowest BCUT2D eigenvalue weighted by molar-refractivity contribution is -0.146. The van der Waals surface area contributed by atoms with Crippen molar-refractivity contribution in [2.75, 3.05) is 85.1 Å². The first kappa shape index (κ1) is 37.0. The zero-order valence-electron chi connectivity index (χ0n) is 25.2. The first-order chi connectivity index (χ1) is 20.7. The summed E-state index contributed by atoms with van der Waals surface area (Å²) in [4.78, 5) is 80.3. The Balaban J connectivity index is 1.98. The van der Waals surface area contributed by atoms with Crippen LogP contribution in [0, 0.1) is 0 Å². The number of Topliss-reactive ketones (excluding diaryl/α,β-unsaturated/α-hetero) is 1. The van der Waals surface area contributed by atoms with Gasteiger partial charge in [-0.3, -0.25) is 48.4 Å². The minimum absolute atomic E-state index is 0.0570. The van der Waals surface area contributed by atoms with Crippen LogP contribution in [0.2, 0.25) is 0 Å². The van der Waals surface area contributed by atoms with E-state index < -0.39 is 48.1 Å². The highest BCUT2D eigenvalue weighted by Gasteiger charge is 2.35. The zero-order chi connectivity index (χ0) is 32.8. The lowest BCUT2D eigenvalue weighted by Gasteiger charge is -2.32. The number of hydrogen-bond acceptors (Lipinski definition) is 12. The fourth-order valence-electron chi connectivity index (χ4n) is 5.37. The number of hydrogen-bond donors (Lipinski definition) is 6. The van der Waals surface area contributed by atoms with Gasteiger partial charge in [-0.2, -0.15) is 0 Å². The molecule has 2 heterocycles. The predicted molar refractivity (Wildman–Crippen MR) is 153 cm³/mol. The van der Waals surface area contributed by atoms with E-state index in [0.717, 1.165) is 0 Å². The van der Waals surface area contributed by atoms with Crippen molar-refractivity contribution in [1.82, 2.24) is 29.8 Å². The average Bonchev–Trinajstić information content (AvgIpc) is 3.42. The van der Waals surface area contributed by atoms with Crippen molar-refractivity contribution in [3.8, 4) is 0 Å². The van der Waals surface area contributed by atoms with Crippen molar-refractivity contribution in [3.63, 3.8) is 0 Å². The van der Waals surface area contributed by atoms with Gasteiger partial charge < -0.3 is 35.7 Å². The van der Waals surface area contributed by atoms with E-state index in [1.54, 1.807) is 19.6 Å². The molecule has 0 aliphatic carbocycles. The maximum absolute atomic E-state index is 12.9. The number of rotatable bonds is 14. The summed E-state index contributed by atoms with van der Waals surface area (Å²) in [5.74, 6) is -4.38. The molecule has 2 aliphatic heterocycles. The number of likely N-dealkylation sites (tertiary alicyclic amines) is 1. The molecule has 17 nitrogen and oxygen atoms in total. The third-order valence-corrected chi connectivity index (χ3v) is 7.71. The summed E-state index contributed by atoms with van der Waals surface area (Å²) >= 11 is 0. The Kier molecular flexibility index (Phi) is 15.6. The summed E-state index contributed by atoms with van der Waals surface area (Å²) in [5, 5.41) is 49.5. The Morgan fingerprint density at radius 3 is 1.45 bits per heavy atom. The van der Waals surface area contributed by atoms with Gasteiger partial charge >= 0.3 is 17.9 Å². The quantitative estimate of drug-likeness (QED) is 0.103. The van der Waals surface area contributed by atoms with Crippen molar-refractivity contribution in [2.45, 2.75) is 51.0 Å². The summed E-state index contributed by atoms with van der Waals surface area (Å²) in [6, 6.07) is -1.65. The molecule has 44 heavy (non-hydrogen) atoms. The molecule has 0 radical (unpaired) electrons. The Morgan fingerprint density at radius 1 is 0.659 bits per heavy atom. The summed E-state index contributed by atoms with van der Waals surface area (Å²) in [7, 11) is 0. The molecule has 2 rings (SSSR count). The molecule has 2 fully saturated rings. The lowest BCUT2D eigenvalue weighted by Crippen LogP contribution is -2.51. The number of ketones is 1. The maximum atomic E-state index is 12.9. The summed E-state index contributed by atoms with van der Waals surface area (Å²) in [6.45, 7) is 3.08. The third-order valence-electron chi connectivity index (χ3n) is 7.71. The molecule has 17 heteroatoms. The van der Waals surface area contributed by atoms with Gasteiger partial charge in [0.15, 0.2) is 6.29 Å². The van der Waals surface area contributed by atoms with Crippen molar-refractivity contribution in [3.05, 3.63) is 0 Å². The van der Waals surface area contributed by atoms with Gasteiger partial charge in [0.25, 0.3) is 0 Å². The van der Waals surface area contributed by atoms with E-state index in [1.807, 2.05) is 0 Å². The van der Waals surface area contributed by atoms with Crippen LogP contribution in [0.5, 0.6) is 0 Å². The topological polar surface area (TPSA) is 232 Å². The van der Waals surface area contributed by atoms with E-state index >= 15 is 0 Å². The highest BCUT2D eigenvalue weighted by Crippen LogP contribution is 2.20. The number of aliphatic carboxylic acids is 3. The number of nitrogens with one attached hydrogen (secondary N) is 1. The molecule has 2 saturated heterocycles. The van der Waals surface area contributed by atoms with Crippen molar-refractivity contribution >= 4 is 35.5 Å². The molecular weight excluding hydrogens is 584 g/mol. The number of carbonyl (C=O) groups is 6. The second-order valence-corrected chi connectivity index (χ2v) is 11.3. The van der Waals surface area contributed by atoms with Gasteiger partial charge in [0.05, 0.1) is 32.2 Å². The molecule has 0 unspecified atom stereocenters. The average molecular weight is 631 g/mol. The van der Waals surface area contributed by atoms with Crippen LogP contribution in [0.4, 0.5) is 0 Å². The minimum atomic E-state index is -1.67. The molecule has 0 aromatic rings. The first-order valence-corrected chi connectivity index (χ1v) is 14.8. The number of nitrogens with zero attached hydrogens (tertiary/aromatic N) is 5. The minimum Gasteiger partial charge on any atom is -0.480 e. The fraction of sp³-hybridized carbons (Fsp3) is 0.778. The SMILES string of the molecule is C[C@@H](NC(=O)CCC(=O)CN1CCN(CC(=O)O)CCN(CC(=O)O)CCN(CC(=O)O)CC1)C(=O)N1CCC[C@H]1C(O)O. The van der Waals surface area contributed by atoms with Crippen LogP contribution in [0.3, 0.4) is 0 Å². The van der Waals surface area contributed by atoms with Gasteiger partial charge in [-0.15, -0.1) is 0 Å². The summed E-state index contributed by atoms with van der Waals surface area (Å²) < 4.78 is 0. The van der Waals surface area contributed by atoms with Gasteiger partial charge in [-0.05, 0) is 19.8 Å². The van der Waals surface area contributed by atoms with Crippen LogP contribution < -0.4 is 5.32 Å². The molecule has 250 valence electrons. The third kappa shape index (κ3) is 13.6. The highest BCUT2D eigenvalue weighted by molar-refractivity contribution is 5.90. The number of aliphatic hydroxyl groups is 2. The second kappa shape index (κ2) is 18.6. The first-order valence-electron chi connectivity index (χ1n) is 14.8. The van der Waals surface area contributed by atoms with Crippen molar-refractivity contribution in [1.29, 1.82) is 0 Å². The number of carboxylic acids is 3.